The summed E-state index contributed by atoms with van der Waals surface area (Å²) in [5.41, 5.74) is 1.25. The van der Waals surface area contributed by atoms with Gasteiger partial charge in [0.15, 0.2) is 5.96 Å². The second-order valence-corrected chi connectivity index (χ2v) is 7.67. The minimum Gasteiger partial charge on any atom is -0.369 e. The molecule has 3 N–H and O–H groups in total. The van der Waals surface area contributed by atoms with E-state index in [1.165, 1.54) is 5.69 Å². The number of anilines is 1. The van der Waals surface area contributed by atoms with E-state index in [2.05, 4.69) is 73.0 Å². The van der Waals surface area contributed by atoms with Crippen molar-refractivity contribution in [1.29, 1.82) is 0 Å². The number of halogens is 1. The van der Waals surface area contributed by atoms with Crippen LogP contribution in [0.3, 0.4) is 0 Å². The standard InChI is InChI=1S/C19H30BrN5O/c1-4-21-19(23-11-10-22-18(26)14(2)3)24-16-9-12-25(13-16)17-7-5-15(20)6-8-17/h5-8,14,16H,4,9-13H2,1-3H3,(H,22,26)(H2,21,23,24). The first-order chi connectivity index (χ1) is 12.5. The molecule has 1 aliphatic rings. The smallest absolute Gasteiger partial charge is 0.222 e. The van der Waals surface area contributed by atoms with Gasteiger partial charge in [-0.25, -0.2) is 0 Å². The molecular formula is C19H30BrN5O. The van der Waals surface area contributed by atoms with Gasteiger partial charge in [-0.2, -0.15) is 0 Å². The number of hydrogen-bond donors (Lipinski definition) is 3. The van der Waals surface area contributed by atoms with Crippen LogP contribution in [0.15, 0.2) is 33.7 Å². The summed E-state index contributed by atoms with van der Waals surface area (Å²) in [4.78, 5) is 18.5. The fourth-order valence-corrected chi connectivity index (χ4v) is 3.09. The Morgan fingerprint density at radius 2 is 2.04 bits per heavy atom. The van der Waals surface area contributed by atoms with Gasteiger partial charge < -0.3 is 20.9 Å². The molecule has 1 unspecified atom stereocenters. The van der Waals surface area contributed by atoms with E-state index >= 15 is 0 Å². The van der Waals surface area contributed by atoms with Crippen molar-refractivity contribution >= 4 is 33.5 Å². The Bertz CT molecular complexity index is 602. The van der Waals surface area contributed by atoms with Gasteiger partial charge in [0.05, 0.1) is 6.54 Å². The number of benzene rings is 1. The van der Waals surface area contributed by atoms with E-state index in [9.17, 15) is 4.79 Å². The van der Waals surface area contributed by atoms with Crippen LogP contribution in [0.25, 0.3) is 0 Å². The van der Waals surface area contributed by atoms with Crippen molar-refractivity contribution in [3.8, 4) is 0 Å². The Morgan fingerprint density at radius 3 is 2.69 bits per heavy atom. The summed E-state index contributed by atoms with van der Waals surface area (Å²) in [5.74, 6) is 0.890. The van der Waals surface area contributed by atoms with Crippen molar-refractivity contribution in [2.24, 2.45) is 10.9 Å². The summed E-state index contributed by atoms with van der Waals surface area (Å²) >= 11 is 3.48. The highest BCUT2D eigenvalue weighted by atomic mass is 79.9. The van der Waals surface area contributed by atoms with Crippen LogP contribution in [0.5, 0.6) is 0 Å². The molecule has 1 amide bonds. The number of amides is 1. The molecule has 1 fully saturated rings. The molecule has 0 saturated carbocycles. The first-order valence-corrected chi connectivity index (χ1v) is 10.1. The lowest BCUT2D eigenvalue weighted by molar-refractivity contribution is -0.123. The highest BCUT2D eigenvalue weighted by Crippen LogP contribution is 2.22. The Kier molecular flexibility index (Phi) is 8.22. The quantitative estimate of drug-likeness (QED) is 0.357. The molecule has 1 heterocycles. The third-order valence-corrected chi connectivity index (χ3v) is 4.80. The van der Waals surface area contributed by atoms with Gasteiger partial charge in [0.1, 0.15) is 0 Å². The number of aliphatic imine (C=N–C) groups is 1. The van der Waals surface area contributed by atoms with Crippen LogP contribution in [0.1, 0.15) is 27.2 Å². The van der Waals surface area contributed by atoms with E-state index in [0.717, 1.165) is 36.5 Å². The number of rotatable bonds is 7. The van der Waals surface area contributed by atoms with Crippen molar-refractivity contribution < 1.29 is 4.79 Å². The van der Waals surface area contributed by atoms with Crippen LogP contribution in [0, 0.1) is 5.92 Å². The molecule has 0 radical (unpaired) electrons. The van der Waals surface area contributed by atoms with Crippen LogP contribution >= 0.6 is 15.9 Å². The van der Waals surface area contributed by atoms with Crippen molar-refractivity contribution in [3.05, 3.63) is 28.7 Å². The number of nitrogens with one attached hydrogen (secondary N) is 3. The summed E-state index contributed by atoms with van der Waals surface area (Å²) < 4.78 is 1.10. The molecule has 0 aromatic heterocycles. The molecule has 26 heavy (non-hydrogen) atoms. The molecule has 0 aliphatic carbocycles. The van der Waals surface area contributed by atoms with Crippen molar-refractivity contribution in [2.75, 3.05) is 37.6 Å². The van der Waals surface area contributed by atoms with Crippen LogP contribution in [0.2, 0.25) is 0 Å². The topological polar surface area (TPSA) is 68.8 Å². The summed E-state index contributed by atoms with van der Waals surface area (Å²) in [6, 6.07) is 8.80. The second-order valence-electron chi connectivity index (χ2n) is 6.76. The monoisotopic (exact) mass is 423 g/mol. The first kappa shape index (κ1) is 20.6. The minimum absolute atomic E-state index is 0.00780. The van der Waals surface area contributed by atoms with Gasteiger partial charge in [-0.3, -0.25) is 9.79 Å². The predicted octanol–water partition coefficient (Wildman–Crippen LogP) is 2.36. The zero-order valence-corrected chi connectivity index (χ0v) is 17.5. The molecule has 1 saturated heterocycles. The van der Waals surface area contributed by atoms with Gasteiger partial charge in [0.25, 0.3) is 0 Å². The highest BCUT2D eigenvalue weighted by molar-refractivity contribution is 9.10. The van der Waals surface area contributed by atoms with E-state index in [0.29, 0.717) is 19.1 Å². The fraction of sp³-hybridized carbons (Fsp3) is 0.579. The first-order valence-electron chi connectivity index (χ1n) is 9.32. The molecular weight excluding hydrogens is 394 g/mol. The van der Waals surface area contributed by atoms with Crippen LogP contribution < -0.4 is 20.9 Å². The van der Waals surface area contributed by atoms with E-state index in [1.54, 1.807) is 0 Å². The van der Waals surface area contributed by atoms with E-state index in [-0.39, 0.29) is 11.8 Å². The number of hydrogen-bond acceptors (Lipinski definition) is 3. The van der Waals surface area contributed by atoms with E-state index in [4.69, 9.17) is 0 Å². The Hall–Kier alpha value is -1.76. The van der Waals surface area contributed by atoms with Crippen LogP contribution in [-0.4, -0.2) is 50.6 Å². The number of guanidine groups is 1. The van der Waals surface area contributed by atoms with Gasteiger partial charge in [-0.1, -0.05) is 29.8 Å². The molecule has 1 aromatic carbocycles. The number of nitrogens with zero attached hydrogens (tertiary/aromatic N) is 2. The SMILES string of the molecule is CCNC(=NCCNC(=O)C(C)C)NC1CCN(c2ccc(Br)cc2)C1. The summed E-state index contributed by atoms with van der Waals surface area (Å²) in [5, 5.41) is 9.69. The third-order valence-electron chi connectivity index (χ3n) is 4.27. The second kappa shape index (κ2) is 10.4. The van der Waals surface area contributed by atoms with E-state index in [1.807, 2.05) is 13.8 Å². The largest absolute Gasteiger partial charge is 0.369 e. The van der Waals surface area contributed by atoms with Gasteiger partial charge >= 0.3 is 0 Å². The fourth-order valence-electron chi connectivity index (χ4n) is 2.83. The van der Waals surface area contributed by atoms with Crippen LogP contribution in [0.4, 0.5) is 5.69 Å². The molecule has 0 spiro atoms. The average molecular weight is 424 g/mol. The molecule has 1 aliphatic heterocycles. The lowest BCUT2D eigenvalue weighted by Crippen LogP contribution is -2.45. The lowest BCUT2D eigenvalue weighted by Gasteiger charge is -2.20. The maximum Gasteiger partial charge on any atom is 0.222 e. The lowest BCUT2D eigenvalue weighted by atomic mass is 10.2. The molecule has 0 bridgehead atoms. The normalized spacial score (nSPS) is 17.5. The predicted molar refractivity (Wildman–Crippen MR) is 112 cm³/mol. The molecule has 1 atom stereocenters. The summed E-state index contributed by atoms with van der Waals surface area (Å²) in [7, 11) is 0. The Morgan fingerprint density at radius 1 is 1.31 bits per heavy atom. The molecule has 1 aromatic rings. The van der Waals surface area contributed by atoms with Gasteiger partial charge in [0.2, 0.25) is 5.91 Å². The van der Waals surface area contributed by atoms with Crippen LogP contribution in [-0.2, 0) is 4.79 Å². The molecule has 6 nitrogen and oxygen atoms in total. The molecule has 7 heteroatoms. The number of carbonyl (C=O) groups is 1. The van der Waals surface area contributed by atoms with Crippen molar-refractivity contribution in [3.63, 3.8) is 0 Å². The van der Waals surface area contributed by atoms with Gasteiger partial charge in [0, 0.05) is 48.3 Å². The molecule has 2 rings (SSSR count). The number of carbonyl (C=O) groups excluding carboxylic acids is 1. The summed E-state index contributed by atoms with van der Waals surface area (Å²) in [6.45, 7) is 9.76. The maximum absolute atomic E-state index is 11.6. The van der Waals surface area contributed by atoms with Crippen molar-refractivity contribution in [2.45, 2.75) is 33.2 Å². The zero-order valence-electron chi connectivity index (χ0n) is 15.9. The maximum atomic E-state index is 11.6. The zero-order chi connectivity index (χ0) is 18.9. The van der Waals surface area contributed by atoms with Gasteiger partial charge in [-0.15, -0.1) is 0 Å². The van der Waals surface area contributed by atoms with E-state index < -0.39 is 0 Å². The summed E-state index contributed by atoms with van der Waals surface area (Å²) in [6.07, 6.45) is 1.07. The Labute approximate surface area is 165 Å². The molecule has 144 valence electrons. The minimum atomic E-state index is 0.00780. The Balaban J connectivity index is 1.82. The van der Waals surface area contributed by atoms with Crippen molar-refractivity contribution in [1.82, 2.24) is 16.0 Å². The van der Waals surface area contributed by atoms with Gasteiger partial charge in [-0.05, 0) is 37.6 Å². The average Bonchev–Trinajstić information content (AvgIpc) is 3.07. The highest BCUT2D eigenvalue weighted by Gasteiger charge is 2.23. The third kappa shape index (κ3) is 6.52.